The molecule has 0 unspecified atom stereocenters. The Morgan fingerprint density at radius 2 is 1.65 bits per heavy atom. The van der Waals surface area contributed by atoms with Crippen LogP contribution in [0.4, 0.5) is 5.82 Å². The van der Waals surface area contributed by atoms with Gasteiger partial charge in [0, 0.05) is 43.0 Å². The van der Waals surface area contributed by atoms with Crippen molar-refractivity contribution >= 4 is 28.2 Å². The molecule has 5 heteroatoms. The second-order valence-electron chi connectivity index (χ2n) is 5.61. The van der Waals surface area contributed by atoms with E-state index in [-0.39, 0.29) is 0 Å². The van der Waals surface area contributed by atoms with Crippen molar-refractivity contribution < 1.29 is 0 Å². The van der Waals surface area contributed by atoms with Crippen molar-refractivity contribution in [1.82, 2.24) is 15.1 Å². The summed E-state index contributed by atoms with van der Waals surface area (Å²) in [5.74, 6) is 0.973. The SMILES string of the molecule is Clc1nnc(N2CCN(C3CC3)CC2)c2ccccc12. The van der Waals surface area contributed by atoms with Crippen molar-refractivity contribution in [3.8, 4) is 0 Å². The highest BCUT2D eigenvalue weighted by atomic mass is 35.5. The van der Waals surface area contributed by atoms with E-state index < -0.39 is 0 Å². The molecule has 1 aliphatic carbocycles. The number of benzene rings is 1. The maximum atomic E-state index is 6.14. The zero-order valence-electron chi connectivity index (χ0n) is 11.3. The lowest BCUT2D eigenvalue weighted by molar-refractivity contribution is 0.247. The summed E-state index contributed by atoms with van der Waals surface area (Å²) in [4.78, 5) is 4.94. The van der Waals surface area contributed by atoms with E-state index >= 15 is 0 Å². The first-order chi connectivity index (χ1) is 9.83. The number of halogens is 1. The lowest BCUT2D eigenvalue weighted by Crippen LogP contribution is -2.47. The topological polar surface area (TPSA) is 32.3 Å². The number of hydrogen-bond donors (Lipinski definition) is 0. The Hall–Kier alpha value is -1.39. The number of aromatic nitrogens is 2. The van der Waals surface area contributed by atoms with Crippen LogP contribution in [0, 0.1) is 0 Å². The molecule has 0 spiro atoms. The summed E-state index contributed by atoms with van der Waals surface area (Å²) in [5, 5.41) is 11.0. The fourth-order valence-corrected chi connectivity index (χ4v) is 3.23. The van der Waals surface area contributed by atoms with Crippen LogP contribution in [-0.4, -0.2) is 47.3 Å². The summed E-state index contributed by atoms with van der Waals surface area (Å²) in [5.41, 5.74) is 0. The van der Waals surface area contributed by atoms with Crippen LogP contribution in [0.2, 0.25) is 5.15 Å². The van der Waals surface area contributed by atoms with Gasteiger partial charge in [0.15, 0.2) is 11.0 Å². The second kappa shape index (κ2) is 4.86. The summed E-state index contributed by atoms with van der Waals surface area (Å²) < 4.78 is 0. The van der Waals surface area contributed by atoms with Crippen LogP contribution >= 0.6 is 11.6 Å². The first kappa shape index (κ1) is 12.4. The molecule has 2 fully saturated rings. The number of nitrogens with zero attached hydrogens (tertiary/aromatic N) is 4. The van der Waals surface area contributed by atoms with Crippen molar-refractivity contribution in [3.63, 3.8) is 0 Å². The minimum absolute atomic E-state index is 0.487. The molecule has 1 aromatic heterocycles. The molecule has 2 aliphatic rings. The van der Waals surface area contributed by atoms with E-state index in [0.717, 1.165) is 48.8 Å². The molecule has 20 heavy (non-hydrogen) atoms. The molecule has 0 amide bonds. The Morgan fingerprint density at radius 3 is 2.35 bits per heavy atom. The lowest BCUT2D eigenvalue weighted by atomic mass is 10.1. The summed E-state index contributed by atoms with van der Waals surface area (Å²) in [6.45, 7) is 4.31. The summed E-state index contributed by atoms with van der Waals surface area (Å²) >= 11 is 6.14. The Balaban J connectivity index is 1.64. The van der Waals surface area contributed by atoms with Gasteiger partial charge in [-0.1, -0.05) is 35.9 Å². The summed E-state index contributed by atoms with van der Waals surface area (Å²) in [6, 6.07) is 8.97. The van der Waals surface area contributed by atoms with Crippen LogP contribution in [0.3, 0.4) is 0 Å². The average molecular weight is 289 g/mol. The number of fused-ring (bicyclic) bond motifs is 1. The summed E-state index contributed by atoms with van der Waals surface area (Å²) in [6.07, 6.45) is 2.76. The molecular formula is C15H17ClN4. The maximum absolute atomic E-state index is 6.14. The molecule has 2 aromatic rings. The highest BCUT2D eigenvalue weighted by Crippen LogP contribution is 2.31. The van der Waals surface area contributed by atoms with E-state index in [4.69, 9.17) is 11.6 Å². The fraction of sp³-hybridized carbons (Fsp3) is 0.467. The molecule has 1 aliphatic heterocycles. The number of anilines is 1. The minimum Gasteiger partial charge on any atom is -0.352 e. The Kier molecular flexibility index (Phi) is 3.00. The van der Waals surface area contributed by atoms with Gasteiger partial charge in [-0.05, 0) is 12.8 Å². The van der Waals surface area contributed by atoms with Gasteiger partial charge in [-0.15, -0.1) is 10.2 Å². The van der Waals surface area contributed by atoms with Gasteiger partial charge in [-0.3, -0.25) is 4.90 Å². The second-order valence-corrected chi connectivity index (χ2v) is 5.97. The fourth-order valence-electron chi connectivity index (χ4n) is 3.03. The van der Waals surface area contributed by atoms with Gasteiger partial charge in [-0.25, -0.2) is 0 Å². The highest BCUT2D eigenvalue weighted by molar-refractivity contribution is 6.34. The van der Waals surface area contributed by atoms with E-state index in [1.165, 1.54) is 12.8 Å². The van der Waals surface area contributed by atoms with Crippen molar-refractivity contribution in [2.45, 2.75) is 18.9 Å². The number of piperazine rings is 1. The standard InChI is InChI=1S/C15H17ClN4/c16-14-12-3-1-2-4-13(12)15(18-17-14)20-9-7-19(8-10-20)11-5-6-11/h1-4,11H,5-10H2. The van der Waals surface area contributed by atoms with Crippen LogP contribution in [0.5, 0.6) is 0 Å². The highest BCUT2D eigenvalue weighted by Gasteiger charge is 2.31. The minimum atomic E-state index is 0.487. The first-order valence-electron chi connectivity index (χ1n) is 7.23. The van der Waals surface area contributed by atoms with Gasteiger partial charge < -0.3 is 4.90 Å². The van der Waals surface area contributed by atoms with Gasteiger partial charge in [0.05, 0.1) is 0 Å². The van der Waals surface area contributed by atoms with Crippen LogP contribution in [0.15, 0.2) is 24.3 Å². The Labute approximate surface area is 123 Å². The van der Waals surface area contributed by atoms with Gasteiger partial charge >= 0.3 is 0 Å². The van der Waals surface area contributed by atoms with E-state index in [1.54, 1.807) is 0 Å². The first-order valence-corrected chi connectivity index (χ1v) is 7.60. The molecule has 2 heterocycles. The molecule has 1 saturated carbocycles. The van der Waals surface area contributed by atoms with E-state index in [9.17, 15) is 0 Å². The van der Waals surface area contributed by atoms with Crippen LogP contribution in [0.25, 0.3) is 10.8 Å². The normalized spacial score (nSPS) is 20.6. The number of rotatable bonds is 2. The molecule has 0 bridgehead atoms. The van der Waals surface area contributed by atoms with Crippen LogP contribution < -0.4 is 4.90 Å². The average Bonchev–Trinajstić information content (AvgIpc) is 3.33. The van der Waals surface area contributed by atoms with Gasteiger partial charge in [-0.2, -0.15) is 0 Å². The van der Waals surface area contributed by atoms with Crippen molar-refractivity contribution in [3.05, 3.63) is 29.4 Å². The van der Waals surface area contributed by atoms with E-state index in [1.807, 2.05) is 18.2 Å². The predicted octanol–water partition coefficient (Wildman–Crippen LogP) is 2.57. The lowest BCUT2D eigenvalue weighted by Gasteiger charge is -2.35. The Morgan fingerprint density at radius 1 is 0.950 bits per heavy atom. The number of hydrogen-bond acceptors (Lipinski definition) is 4. The maximum Gasteiger partial charge on any atom is 0.159 e. The van der Waals surface area contributed by atoms with E-state index in [0.29, 0.717) is 5.15 Å². The zero-order chi connectivity index (χ0) is 13.5. The molecule has 4 rings (SSSR count). The molecule has 0 radical (unpaired) electrons. The van der Waals surface area contributed by atoms with Crippen molar-refractivity contribution in [2.24, 2.45) is 0 Å². The molecule has 0 N–H and O–H groups in total. The van der Waals surface area contributed by atoms with Crippen molar-refractivity contribution in [2.75, 3.05) is 31.1 Å². The molecule has 4 nitrogen and oxygen atoms in total. The van der Waals surface area contributed by atoms with Crippen LogP contribution in [0.1, 0.15) is 12.8 Å². The molecular weight excluding hydrogens is 272 g/mol. The van der Waals surface area contributed by atoms with Crippen LogP contribution in [-0.2, 0) is 0 Å². The molecule has 1 saturated heterocycles. The predicted molar refractivity (Wildman–Crippen MR) is 81.4 cm³/mol. The monoisotopic (exact) mass is 288 g/mol. The molecule has 0 atom stereocenters. The third kappa shape index (κ3) is 2.13. The third-order valence-corrected chi connectivity index (χ3v) is 4.58. The van der Waals surface area contributed by atoms with Gasteiger partial charge in [0.2, 0.25) is 0 Å². The van der Waals surface area contributed by atoms with Gasteiger partial charge in [0.25, 0.3) is 0 Å². The quantitative estimate of drug-likeness (QED) is 0.850. The van der Waals surface area contributed by atoms with Gasteiger partial charge in [0.1, 0.15) is 0 Å². The van der Waals surface area contributed by atoms with Crippen molar-refractivity contribution in [1.29, 1.82) is 0 Å². The van der Waals surface area contributed by atoms with E-state index in [2.05, 4.69) is 26.1 Å². The Bertz CT molecular complexity index is 633. The molecule has 1 aromatic carbocycles. The third-order valence-electron chi connectivity index (χ3n) is 4.30. The zero-order valence-corrected chi connectivity index (χ0v) is 12.1. The molecule has 104 valence electrons. The largest absolute Gasteiger partial charge is 0.352 e. The smallest absolute Gasteiger partial charge is 0.159 e. The summed E-state index contributed by atoms with van der Waals surface area (Å²) in [7, 11) is 0.